The van der Waals surface area contributed by atoms with Gasteiger partial charge in [0.25, 0.3) is 10.0 Å². The lowest BCUT2D eigenvalue weighted by atomic mass is 9.94. The lowest BCUT2D eigenvalue weighted by Gasteiger charge is -2.23. The molecule has 0 fully saturated rings. The molecule has 0 spiro atoms. The third kappa shape index (κ3) is 5.41. The van der Waals surface area contributed by atoms with E-state index in [0.29, 0.717) is 26.8 Å². The van der Waals surface area contributed by atoms with Crippen molar-refractivity contribution in [1.29, 1.82) is 0 Å². The lowest BCUT2D eigenvalue weighted by Crippen LogP contribution is -2.29. The van der Waals surface area contributed by atoms with Gasteiger partial charge in [-0.05, 0) is 47.5 Å². The number of nitrogens with zero attached hydrogens (tertiary/aromatic N) is 1. The normalized spacial score (nSPS) is 11.6. The molecule has 140 valence electrons. The maximum absolute atomic E-state index is 13.1. The van der Waals surface area contributed by atoms with Crippen molar-refractivity contribution in [3.8, 4) is 0 Å². The number of anilines is 1. The standard InChI is InChI=1S/C21H16BCl2NO2S/c22-18-6-1-5-17(12-18)15-25(21-9-3-8-20(24)14-21)28(26,27)11-10-16-4-2-7-19(23)13-16/h1-14H,15H2/b11-10+. The van der Waals surface area contributed by atoms with Gasteiger partial charge in [-0.25, -0.2) is 8.42 Å². The molecule has 0 aliphatic heterocycles. The maximum atomic E-state index is 13.1. The van der Waals surface area contributed by atoms with Crippen LogP contribution in [-0.4, -0.2) is 16.3 Å². The zero-order chi connectivity index (χ0) is 20.1. The van der Waals surface area contributed by atoms with Crippen LogP contribution >= 0.6 is 23.2 Å². The molecule has 28 heavy (non-hydrogen) atoms. The van der Waals surface area contributed by atoms with Crippen LogP contribution in [0.25, 0.3) is 6.08 Å². The SMILES string of the molecule is [B]c1cccc(CN(c2cccc(Cl)c2)S(=O)(=O)/C=C/c2cccc(Cl)c2)c1. The van der Waals surface area contributed by atoms with E-state index in [1.165, 1.54) is 10.4 Å². The van der Waals surface area contributed by atoms with Gasteiger partial charge in [0.05, 0.1) is 17.6 Å². The Morgan fingerprint density at radius 2 is 1.57 bits per heavy atom. The number of benzene rings is 3. The van der Waals surface area contributed by atoms with E-state index in [1.54, 1.807) is 66.7 Å². The average molecular weight is 428 g/mol. The maximum Gasteiger partial charge on any atom is 0.257 e. The van der Waals surface area contributed by atoms with Crippen LogP contribution in [0.3, 0.4) is 0 Å². The number of rotatable bonds is 6. The third-order valence-corrected chi connectivity index (χ3v) is 5.87. The van der Waals surface area contributed by atoms with Crippen LogP contribution in [0.5, 0.6) is 0 Å². The molecule has 0 saturated heterocycles. The first-order valence-corrected chi connectivity index (χ1v) is 10.7. The summed E-state index contributed by atoms with van der Waals surface area (Å²) in [5.41, 5.74) is 2.48. The van der Waals surface area contributed by atoms with Gasteiger partial charge < -0.3 is 0 Å². The fourth-order valence-corrected chi connectivity index (χ4v) is 4.26. The predicted molar refractivity (Wildman–Crippen MR) is 119 cm³/mol. The smallest absolute Gasteiger partial charge is 0.257 e. The minimum atomic E-state index is -3.80. The van der Waals surface area contributed by atoms with Crippen LogP contribution in [0.1, 0.15) is 11.1 Å². The van der Waals surface area contributed by atoms with Crippen LogP contribution in [0.2, 0.25) is 10.0 Å². The van der Waals surface area contributed by atoms with E-state index in [9.17, 15) is 8.42 Å². The second-order valence-corrected chi connectivity index (χ2v) is 8.75. The fraction of sp³-hybridized carbons (Fsp3) is 0.0476. The first-order valence-electron chi connectivity index (χ1n) is 8.40. The van der Waals surface area contributed by atoms with Crippen molar-refractivity contribution in [2.45, 2.75) is 6.54 Å². The molecule has 0 heterocycles. The van der Waals surface area contributed by atoms with Crippen LogP contribution in [0.15, 0.2) is 78.2 Å². The molecule has 7 heteroatoms. The van der Waals surface area contributed by atoms with Gasteiger partial charge in [0.1, 0.15) is 7.85 Å². The Labute approximate surface area is 176 Å². The van der Waals surface area contributed by atoms with E-state index in [-0.39, 0.29) is 6.54 Å². The summed E-state index contributed by atoms with van der Waals surface area (Å²) < 4.78 is 27.5. The number of hydrogen-bond donors (Lipinski definition) is 0. The summed E-state index contributed by atoms with van der Waals surface area (Å²) in [7, 11) is 2.04. The molecular weight excluding hydrogens is 412 g/mol. The Morgan fingerprint density at radius 1 is 0.893 bits per heavy atom. The molecule has 3 aromatic rings. The highest BCUT2D eigenvalue weighted by atomic mass is 35.5. The molecule has 3 aromatic carbocycles. The van der Waals surface area contributed by atoms with Gasteiger partial charge in [0.2, 0.25) is 0 Å². The van der Waals surface area contributed by atoms with Gasteiger partial charge in [-0.15, -0.1) is 0 Å². The topological polar surface area (TPSA) is 37.4 Å². The highest BCUT2D eigenvalue weighted by Gasteiger charge is 2.20. The highest BCUT2D eigenvalue weighted by molar-refractivity contribution is 7.95. The Morgan fingerprint density at radius 3 is 2.25 bits per heavy atom. The molecular formula is C21H16BCl2NO2S. The summed E-state index contributed by atoms with van der Waals surface area (Å²) in [5, 5.41) is 2.14. The molecule has 0 bridgehead atoms. The Bertz CT molecular complexity index is 1120. The molecule has 0 amide bonds. The molecule has 0 aliphatic rings. The molecule has 0 unspecified atom stereocenters. The van der Waals surface area contributed by atoms with Crippen LogP contribution in [-0.2, 0) is 16.6 Å². The van der Waals surface area contributed by atoms with Gasteiger partial charge in [0.15, 0.2) is 0 Å². The Balaban J connectivity index is 1.99. The van der Waals surface area contributed by atoms with Crippen molar-refractivity contribution in [3.05, 3.63) is 99.4 Å². The zero-order valence-electron chi connectivity index (χ0n) is 14.8. The van der Waals surface area contributed by atoms with Gasteiger partial charge in [0, 0.05) is 10.0 Å². The van der Waals surface area contributed by atoms with Crippen molar-refractivity contribution < 1.29 is 8.42 Å². The molecule has 2 radical (unpaired) electrons. The molecule has 3 nitrogen and oxygen atoms in total. The van der Waals surface area contributed by atoms with E-state index in [2.05, 4.69) is 0 Å². The van der Waals surface area contributed by atoms with E-state index < -0.39 is 10.0 Å². The van der Waals surface area contributed by atoms with Gasteiger partial charge in [-0.2, -0.15) is 0 Å². The summed E-state index contributed by atoms with van der Waals surface area (Å²) >= 11 is 12.1. The fourth-order valence-electron chi connectivity index (χ4n) is 2.67. The van der Waals surface area contributed by atoms with Crippen molar-refractivity contribution in [2.75, 3.05) is 4.31 Å². The average Bonchev–Trinajstić information content (AvgIpc) is 2.65. The minimum Gasteiger partial charge on any atom is -0.262 e. The molecule has 3 rings (SSSR count). The largest absolute Gasteiger partial charge is 0.262 e. The molecule has 0 aliphatic carbocycles. The van der Waals surface area contributed by atoms with E-state index >= 15 is 0 Å². The number of halogens is 2. The van der Waals surface area contributed by atoms with E-state index in [0.717, 1.165) is 11.0 Å². The van der Waals surface area contributed by atoms with Gasteiger partial charge in [-0.1, -0.05) is 71.1 Å². The van der Waals surface area contributed by atoms with Gasteiger partial charge >= 0.3 is 0 Å². The van der Waals surface area contributed by atoms with Crippen molar-refractivity contribution >= 4 is 58.3 Å². The second-order valence-electron chi connectivity index (χ2n) is 6.13. The summed E-state index contributed by atoms with van der Waals surface area (Å²) in [5.74, 6) is 0. The predicted octanol–water partition coefficient (Wildman–Crippen LogP) is 4.79. The summed E-state index contributed by atoms with van der Waals surface area (Å²) in [6.45, 7) is 0.119. The summed E-state index contributed by atoms with van der Waals surface area (Å²) in [6.07, 6.45) is 1.51. The molecule has 0 saturated carbocycles. The second kappa shape index (κ2) is 8.86. The summed E-state index contributed by atoms with van der Waals surface area (Å²) in [6, 6.07) is 20.8. The zero-order valence-corrected chi connectivity index (χ0v) is 17.1. The first kappa shape index (κ1) is 20.5. The van der Waals surface area contributed by atoms with Crippen molar-refractivity contribution in [3.63, 3.8) is 0 Å². The van der Waals surface area contributed by atoms with Crippen LogP contribution < -0.4 is 9.77 Å². The molecule has 0 aromatic heterocycles. The number of sulfonamides is 1. The highest BCUT2D eigenvalue weighted by Crippen LogP contribution is 2.25. The summed E-state index contributed by atoms with van der Waals surface area (Å²) in [4.78, 5) is 0. The minimum absolute atomic E-state index is 0.119. The van der Waals surface area contributed by atoms with Gasteiger partial charge in [-0.3, -0.25) is 4.31 Å². The van der Waals surface area contributed by atoms with Crippen LogP contribution in [0.4, 0.5) is 5.69 Å². The number of hydrogen-bond acceptors (Lipinski definition) is 2. The monoisotopic (exact) mass is 427 g/mol. The van der Waals surface area contributed by atoms with E-state index in [4.69, 9.17) is 31.0 Å². The quantitative estimate of drug-likeness (QED) is 0.530. The van der Waals surface area contributed by atoms with E-state index in [1.807, 2.05) is 6.07 Å². The third-order valence-electron chi connectivity index (χ3n) is 3.96. The first-order chi connectivity index (χ1) is 13.3. The molecule has 0 N–H and O–H groups in total. The van der Waals surface area contributed by atoms with Crippen molar-refractivity contribution in [2.24, 2.45) is 0 Å². The van der Waals surface area contributed by atoms with Crippen LogP contribution in [0, 0.1) is 0 Å². The molecule has 0 atom stereocenters. The van der Waals surface area contributed by atoms with Crippen molar-refractivity contribution in [1.82, 2.24) is 0 Å². The lowest BCUT2D eigenvalue weighted by molar-refractivity contribution is 0.599. The Kier molecular flexibility index (Phi) is 6.50. The Hall–Kier alpha value is -2.21.